The number of carbonyl (C=O) groups is 1. The third kappa shape index (κ3) is 2.20. The van der Waals surface area contributed by atoms with Gasteiger partial charge in [-0.05, 0) is 43.2 Å². The summed E-state index contributed by atoms with van der Waals surface area (Å²) in [6.07, 6.45) is 5.50. The highest BCUT2D eigenvalue weighted by molar-refractivity contribution is 7.21. The predicted octanol–water partition coefficient (Wildman–Crippen LogP) is 3.02. The molecule has 0 fully saturated rings. The van der Waals surface area contributed by atoms with Gasteiger partial charge < -0.3 is 10.6 Å². The Labute approximate surface area is 129 Å². The van der Waals surface area contributed by atoms with E-state index in [4.69, 9.17) is 10.7 Å². The number of thiophene rings is 1. The SMILES string of the molecule is CCc1nc2sc(C(=O)N(C)C)c(N)c2c2c1CCCC2. The second-order valence-corrected chi connectivity index (χ2v) is 6.80. The number of anilines is 1. The van der Waals surface area contributed by atoms with Crippen molar-refractivity contribution in [2.24, 2.45) is 0 Å². The molecule has 1 aliphatic carbocycles. The van der Waals surface area contributed by atoms with E-state index in [9.17, 15) is 4.79 Å². The Balaban J connectivity index is 2.29. The van der Waals surface area contributed by atoms with Crippen molar-refractivity contribution in [2.45, 2.75) is 39.0 Å². The molecule has 2 heterocycles. The van der Waals surface area contributed by atoms with Gasteiger partial charge in [0.05, 0.1) is 5.69 Å². The highest BCUT2D eigenvalue weighted by Crippen LogP contribution is 2.40. The molecule has 3 rings (SSSR count). The maximum absolute atomic E-state index is 12.3. The monoisotopic (exact) mass is 303 g/mol. The van der Waals surface area contributed by atoms with Gasteiger partial charge in [0.15, 0.2) is 0 Å². The zero-order valence-electron chi connectivity index (χ0n) is 12.8. The minimum absolute atomic E-state index is 0.0295. The maximum Gasteiger partial charge on any atom is 0.265 e. The second kappa shape index (κ2) is 5.30. The van der Waals surface area contributed by atoms with Crippen LogP contribution >= 0.6 is 11.3 Å². The van der Waals surface area contributed by atoms with E-state index in [1.165, 1.54) is 41.0 Å². The van der Waals surface area contributed by atoms with Gasteiger partial charge in [0.2, 0.25) is 0 Å². The number of hydrogen-bond acceptors (Lipinski definition) is 4. The second-order valence-electron chi connectivity index (χ2n) is 5.80. The first-order chi connectivity index (χ1) is 10.0. The lowest BCUT2D eigenvalue weighted by molar-refractivity contribution is 0.0833. The first kappa shape index (κ1) is 14.3. The summed E-state index contributed by atoms with van der Waals surface area (Å²) in [5.41, 5.74) is 10.8. The van der Waals surface area contributed by atoms with E-state index >= 15 is 0 Å². The van der Waals surface area contributed by atoms with Crippen LogP contribution in [0.1, 0.15) is 46.3 Å². The first-order valence-electron chi connectivity index (χ1n) is 7.48. The molecule has 0 saturated heterocycles. The molecular formula is C16H21N3OS. The van der Waals surface area contributed by atoms with Crippen LogP contribution in [0.2, 0.25) is 0 Å². The molecular weight excluding hydrogens is 282 g/mol. The molecule has 112 valence electrons. The number of fused-ring (bicyclic) bond motifs is 3. The molecule has 0 unspecified atom stereocenters. The molecule has 0 aromatic carbocycles. The largest absolute Gasteiger partial charge is 0.397 e. The summed E-state index contributed by atoms with van der Waals surface area (Å²) < 4.78 is 0. The molecule has 0 radical (unpaired) electrons. The third-order valence-corrected chi connectivity index (χ3v) is 5.30. The Morgan fingerprint density at radius 3 is 2.57 bits per heavy atom. The Bertz CT molecular complexity index is 718. The van der Waals surface area contributed by atoms with Crippen LogP contribution in [0, 0.1) is 0 Å². The van der Waals surface area contributed by atoms with Gasteiger partial charge >= 0.3 is 0 Å². The summed E-state index contributed by atoms with van der Waals surface area (Å²) in [5, 5.41) is 1.04. The molecule has 2 aromatic rings. The fourth-order valence-corrected chi connectivity index (χ4v) is 4.31. The predicted molar refractivity (Wildman–Crippen MR) is 88.1 cm³/mol. The van der Waals surface area contributed by atoms with E-state index in [2.05, 4.69) is 6.92 Å². The van der Waals surface area contributed by atoms with Gasteiger partial charge in [-0.3, -0.25) is 4.79 Å². The van der Waals surface area contributed by atoms with Crippen LogP contribution in [-0.4, -0.2) is 29.9 Å². The van der Waals surface area contributed by atoms with Gasteiger partial charge in [-0.25, -0.2) is 4.98 Å². The van der Waals surface area contributed by atoms with Gasteiger partial charge in [-0.15, -0.1) is 11.3 Å². The molecule has 0 spiro atoms. The zero-order chi connectivity index (χ0) is 15.1. The van der Waals surface area contributed by atoms with E-state index in [1.807, 2.05) is 0 Å². The quantitative estimate of drug-likeness (QED) is 0.927. The summed E-state index contributed by atoms with van der Waals surface area (Å²) in [6, 6.07) is 0. The lowest BCUT2D eigenvalue weighted by Gasteiger charge is -2.19. The molecule has 0 aliphatic heterocycles. The molecule has 1 aliphatic rings. The number of nitrogens with zero attached hydrogens (tertiary/aromatic N) is 2. The van der Waals surface area contributed by atoms with Crippen LogP contribution in [0.3, 0.4) is 0 Å². The number of pyridine rings is 1. The van der Waals surface area contributed by atoms with Crippen LogP contribution in [0.4, 0.5) is 5.69 Å². The number of hydrogen-bond donors (Lipinski definition) is 1. The molecule has 4 nitrogen and oxygen atoms in total. The number of nitrogens with two attached hydrogens (primary N) is 1. The molecule has 2 aromatic heterocycles. The fourth-order valence-electron chi connectivity index (χ4n) is 3.15. The van der Waals surface area contributed by atoms with Gasteiger partial charge in [-0.1, -0.05) is 6.92 Å². The molecule has 1 amide bonds. The van der Waals surface area contributed by atoms with Crippen LogP contribution < -0.4 is 5.73 Å². The van der Waals surface area contributed by atoms with Crippen molar-refractivity contribution in [3.8, 4) is 0 Å². The van der Waals surface area contributed by atoms with Crippen molar-refractivity contribution in [3.05, 3.63) is 21.7 Å². The number of aryl methyl sites for hydroxylation is 2. The molecule has 0 bridgehead atoms. The maximum atomic E-state index is 12.3. The van der Waals surface area contributed by atoms with Gasteiger partial charge in [0, 0.05) is 25.2 Å². The van der Waals surface area contributed by atoms with Crippen molar-refractivity contribution < 1.29 is 4.79 Å². The van der Waals surface area contributed by atoms with Crippen molar-refractivity contribution in [3.63, 3.8) is 0 Å². The Hall–Kier alpha value is -1.62. The number of nitrogen functional groups attached to an aromatic ring is 1. The first-order valence-corrected chi connectivity index (χ1v) is 8.30. The molecule has 0 atom stereocenters. The Kier molecular flexibility index (Phi) is 3.61. The number of amides is 1. The van der Waals surface area contributed by atoms with Gasteiger partial charge in [0.25, 0.3) is 5.91 Å². The molecule has 21 heavy (non-hydrogen) atoms. The molecule has 5 heteroatoms. The number of aromatic nitrogens is 1. The van der Waals surface area contributed by atoms with Crippen molar-refractivity contribution in [1.82, 2.24) is 9.88 Å². The van der Waals surface area contributed by atoms with E-state index in [-0.39, 0.29) is 5.91 Å². The minimum atomic E-state index is -0.0295. The van der Waals surface area contributed by atoms with Crippen LogP contribution in [0.15, 0.2) is 0 Å². The summed E-state index contributed by atoms with van der Waals surface area (Å²) in [7, 11) is 3.51. The third-order valence-electron chi connectivity index (χ3n) is 4.22. The summed E-state index contributed by atoms with van der Waals surface area (Å²) >= 11 is 1.44. The fraction of sp³-hybridized carbons (Fsp3) is 0.500. The number of rotatable bonds is 2. The Morgan fingerprint density at radius 1 is 1.29 bits per heavy atom. The summed E-state index contributed by atoms with van der Waals surface area (Å²) in [4.78, 5) is 20.2. The molecule has 2 N–H and O–H groups in total. The standard InChI is InChI=1S/C16H21N3OS/c1-4-11-9-7-5-6-8-10(9)12-13(17)14(16(20)19(2)3)21-15(12)18-11/h4-8,17H2,1-3H3. The van der Waals surface area contributed by atoms with E-state index < -0.39 is 0 Å². The molecule has 0 saturated carbocycles. The average molecular weight is 303 g/mol. The van der Waals surface area contributed by atoms with Crippen molar-refractivity contribution in [1.29, 1.82) is 0 Å². The topological polar surface area (TPSA) is 59.2 Å². The Morgan fingerprint density at radius 2 is 1.95 bits per heavy atom. The highest BCUT2D eigenvalue weighted by Gasteiger charge is 2.25. The smallest absolute Gasteiger partial charge is 0.265 e. The lowest BCUT2D eigenvalue weighted by Crippen LogP contribution is -2.21. The van der Waals surface area contributed by atoms with E-state index in [0.29, 0.717) is 10.6 Å². The number of carbonyl (C=O) groups excluding carboxylic acids is 1. The van der Waals surface area contributed by atoms with Crippen molar-refractivity contribution in [2.75, 3.05) is 19.8 Å². The van der Waals surface area contributed by atoms with E-state index in [0.717, 1.165) is 29.5 Å². The van der Waals surface area contributed by atoms with E-state index in [1.54, 1.807) is 19.0 Å². The lowest BCUT2D eigenvalue weighted by atomic mass is 9.88. The van der Waals surface area contributed by atoms with Crippen LogP contribution in [0.5, 0.6) is 0 Å². The highest BCUT2D eigenvalue weighted by atomic mass is 32.1. The van der Waals surface area contributed by atoms with Gasteiger partial charge in [0.1, 0.15) is 9.71 Å². The zero-order valence-corrected chi connectivity index (χ0v) is 13.6. The minimum Gasteiger partial charge on any atom is -0.397 e. The average Bonchev–Trinajstić information content (AvgIpc) is 2.82. The summed E-state index contributed by atoms with van der Waals surface area (Å²) in [6.45, 7) is 2.14. The van der Waals surface area contributed by atoms with Crippen LogP contribution in [-0.2, 0) is 19.3 Å². The van der Waals surface area contributed by atoms with Gasteiger partial charge in [-0.2, -0.15) is 0 Å². The normalized spacial score (nSPS) is 14.2. The summed E-state index contributed by atoms with van der Waals surface area (Å²) in [5.74, 6) is -0.0295. The van der Waals surface area contributed by atoms with Crippen molar-refractivity contribution >= 4 is 33.1 Å². The van der Waals surface area contributed by atoms with Crippen LogP contribution in [0.25, 0.3) is 10.2 Å².